The van der Waals surface area contributed by atoms with Crippen LogP contribution in [0.4, 0.5) is 0 Å². The molecule has 0 heterocycles. The standard InChI is InChI=1S/C19H32O5Si/c1-19(2,3)25(5,6)24-18(16-10-8-7-9-11-16)17(14-20)23-15-22-13-12-21-4/h7-11,14,17-18H,12-13,15H2,1-6H3/t17-,18+/m0/s1. The number of aldehydes is 1. The number of rotatable bonds is 11. The van der Waals surface area contributed by atoms with Crippen molar-refractivity contribution in [3.63, 3.8) is 0 Å². The third kappa shape index (κ3) is 6.99. The second kappa shape index (κ2) is 10.2. The third-order valence-electron chi connectivity index (χ3n) is 4.56. The van der Waals surface area contributed by atoms with Gasteiger partial charge in [0, 0.05) is 7.11 Å². The Hall–Kier alpha value is -1.05. The molecular formula is C19H32O5Si. The predicted molar refractivity (Wildman–Crippen MR) is 101 cm³/mol. The number of benzene rings is 1. The minimum Gasteiger partial charge on any atom is -0.407 e. The van der Waals surface area contributed by atoms with E-state index in [2.05, 4.69) is 33.9 Å². The molecule has 0 spiro atoms. The van der Waals surface area contributed by atoms with Crippen LogP contribution in [-0.4, -0.2) is 47.8 Å². The molecule has 1 aromatic rings. The summed E-state index contributed by atoms with van der Waals surface area (Å²) in [5.74, 6) is 0. The highest BCUT2D eigenvalue weighted by Gasteiger charge is 2.41. The topological polar surface area (TPSA) is 54.0 Å². The summed E-state index contributed by atoms with van der Waals surface area (Å²) in [4.78, 5) is 11.7. The summed E-state index contributed by atoms with van der Waals surface area (Å²) in [6, 6.07) is 9.74. The summed E-state index contributed by atoms with van der Waals surface area (Å²) in [7, 11) is -0.482. The van der Waals surface area contributed by atoms with E-state index in [0.29, 0.717) is 13.2 Å². The number of carbonyl (C=O) groups excluding carboxylic acids is 1. The van der Waals surface area contributed by atoms with E-state index in [1.54, 1.807) is 7.11 Å². The van der Waals surface area contributed by atoms with Gasteiger partial charge in [-0.05, 0) is 23.7 Å². The molecular weight excluding hydrogens is 336 g/mol. The molecule has 1 rings (SSSR count). The molecule has 0 fully saturated rings. The zero-order chi connectivity index (χ0) is 18.9. The Morgan fingerprint density at radius 3 is 2.28 bits per heavy atom. The highest BCUT2D eigenvalue weighted by molar-refractivity contribution is 6.74. The molecule has 6 heteroatoms. The molecule has 0 aliphatic rings. The van der Waals surface area contributed by atoms with Crippen LogP contribution in [0.15, 0.2) is 30.3 Å². The minimum atomic E-state index is -2.09. The Morgan fingerprint density at radius 2 is 1.76 bits per heavy atom. The van der Waals surface area contributed by atoms with Crippen molar-refractivity contribution in [2.75, 3.05) is 27.1 Å². The van der Waals surface area contributed by atoms with Gasteiger partial charge >= 0.3 is 0 Å². The van der Waals surface area contributed by atoms with E-state index in [4.69, 9.17) is 18.6 Å². The fraction of sp³-hybridized carbons (Fsp3) is 0.632. The van der Waals surface area contributed by atoms with Gasteiger partial charge in [-0.1, -0.05) is 51.1 Å². The summed E-state index contributed by atoms with van der Waals surface area (Å²) in [6.07, 6.45) is -0.380. The number of ether oxygens (including phenoxy) is 3. The van der Waals surface area contributed by atoms with Gasteiger partial charge in [-0.2, -0.15) is 0 Å². The third-order valence-corrected chi connectivity index (χ3v) is 9.02. The van der Waals surface area contributed by atoms with E-state index < -0.39 is 20.5 Å². The zero-order valence-corrected chi connectivity index (χ0v) is 17.3. The fourth-order valence-corrected chi connectivity index (χ4v) is 3.25. The van der Waals surface area contributed by atoms with Crippen LogP contribution < -0.4 is 0 Å². The van der Waals surface area contributed by atoms with Crippen molar-refractivity contribution in [2.45, 2.75) is 51.1 Å². The molecule has 1 aromatic carbocycles. The van der Waals surface area contributed by atoms with Crippen molar-refractivity contribution < 1.29 is 23.4 Å². The fourth-order valence-electron chi connectivity index (χ4n) is 1.99. The van der Waals surface area contributed by atoms with Crippen molar-refractivity contribution in [1.82, 2.24) is 0 Å². The largest absolute Gasteiger partial charge is 0.407 e. The van der Waals surface area contributed by atoms with Crippen LogP contribution in [-0.2, 0) is 23.4 Å². The summed E-state index contributed by atoms with van der Waals surface area (Å²) >= 11 is 0. The lowest BCUT2D eigenvalue weighted by Crippen LogP contribution is -2.44. The Labute approximate surface area is 152 Å². The molecule has 5 nitrogen and oxygen atoms in total. The van der Waals surface area contributed by atoms with E-state index in [-0.39, 0.29) is 11.8 Å². The molecule has 0 radical (unpaired) electrons. The first kappa shape index (κ1) is 22.0. The maximum absolute atomic E-state index is 11.7. The second-order valence-electron chi connectivity index (χ2n) is 7.50. The van der Waals surface area contributed by atoms with E-state index in [1.807, 2.05) is 30.3 Å². The summed E-state index contributed by atoms with van der Waals surface area (Å²) in [5.41, 5.74) is 0.932. The average Bonchev–Trinajstić information content (AvgIpc) is 2.56. The molecule has 0 aliphatic heterocycles. The maximum atomic E-state index is 11.7. The molecule has 0 bridgehead atoms. The maximum Gasteiger partial charge on any atom is 0.193 e. The van der Waals surface area contributed by atoms with Crippen molar-refractivity contribution >= 4 is 14.6 Å². The number of carbonyl (C=O) groups is 1. The van der Waals surface area contributed by atoms with Crippen LogP contribution in [0.25, 0.3) is 0 Å². The van der Waals surface area contributed by atoms with E-state index in [1.165, 1.54) is 0 Å². The van der Waals surface area contributed by atoms with Gasteiger partial charge in [0.05, 0.1) is 13.2 Å². The quantitative estimate of drug-likeness (QED) is 0.256. The first-order chi connectivity index (χ1) is 11.7. The molecule has 0 amide bonds. The van der Waals surface area contributed by atoms with Gasteiger partial charge in [0.25, 0.3) is 0 Å². The number of hydrogen-bond donors (Lipinski definition) is 0. The van der Waals surface area contributed by atoms with E-state index >= 15 is 0 Å². The molecule has 0 aliphatic carbocycles. The first-order valence-electron chi connectivity index (χ1n) is 8.59. The van der Waals surface area contributed by atoms with Crippen molar-refractivity contribution in [2.24, 2.45) is 0 Å². The van der Waals surface area contributed by atoms with Gasteiger partial charge in [0.2, 0.25) is 0 Å². The highest BCUT2D eigenvalue weighted by atomic mass is 28.4. The Bertz CT molecular complexity index is 498. The monoisotopic (exact) mass is 368 g/mol. The van der Waals surface area contributed by atoms with Crippen molar-refractivity contribution in [3.8, 4) is 0 Å². The van der Waals surface area contributed by atoms with Crippen molar-refractivity contribution in [1.29, 1.82) is 0 Å². The average molecular weight is 369 g/mol. The lowest BCUT2D eigenvalue weighted by molar-refractivity contribution is -0.145. The molecule has 0 saturated carbocycles. The summed E-state index contributed by atoms with van der Waals surface area (Å²) < 4.78 is 22.5. The molecule has 0 unspecified atom stereocenters. The van der Waals surface area contributed by atoms with Gasteiger partial charge < -0.3 is 23.4 Å². The smallest absolute Gasteiger partial charge is 0.193 e. The lowest BCUT2D eigenvalue weighted by atomic mass is 10.1. The Balaban J connectivity index is 2.91. The Kier molecular flexibility index (Phi) is 8.96. The second-order valence-corrected chi connectivity index (χ2v) is 12.3. The van der Waals surface area contributed by atoms with Crippen LogP contribution in [0.5, 0.6) is 0 Å². The summed E-state index contributed by atoms with van der Waals surface area (Å²) in [6.45, 7) is 11.8. The lowest BCUT2D eigenvalue weighted by Gasteiger charge is -2.40. The molecule has 0 N–H and O–H groups in total. The molecule has 0 saturated heterocycles. The minimum absolute atomic E-state index is 0.0248. The SMILES string of the molecule is COCCOCO[C@@H](C=O)[C@H](O[Si](C)(C)C(C)(C)C)c1ccccc1. The van der Waals surface area contributed by atoms with Gasteiger partial charge in [0.15, 0.2) is 14.6 Å². The van der Waals surface area contributed by atoms with E-state index in [0.717, 1.165) is 11.8 Å². The van der Waals surface area contributed by atoms with Gasteiger partial charge in [-0.15, -0.1) is 0 Å². The number of hydrogen-bond acceptors (Lipinski definition) is 5. The van der Waals surface area contributed by atoms with Crippen LogP contribution in [0.1, 0.15) is 32.4 Å². The predicted octanol–water partition coefficient (Wildman–Crippen LogP) is 3.95. The van der Waals surface area contributed by atoms with Gasteiger partial charge in [-0.25, -0.2) is 0 Å². The van der Waals surface area contributed by atoms with Crippen LogP contribution in [0, 0.1) is 0 Å². The van der Waals surface area contributed by atoms with Crippen LogP contribution in [0.2, 0.25) is 18.1 Å². The molecule has 25 heavy (non-hydrogen) atoms. The van der Waals surface area contributed by atoms with Crippen LogP contribution in [0.3, 0.4) is 0 Å². The van der Waals surface area contributed by atoms with Gasteiger partial charge in [-0.3, -0.25) is 0 Å². The molecule has 0 aromatic heterocycles. The van der Waals surface area contributed by atoms with Gasteiger partial charge in [0.1, 0.15) is 19.0 Å². The highest BCUT2D eigenvalue weighted by Crippen LogP contribution is 2.40. The normalized spacial score (nSPS) is 15.0. The first-order valence-corrected chi connectivity index (χ1v) is 11.5. The van der Waals surface area contributed by atoms with Crippen molar-refractivity contribution in [3.05, 3.63) is 35.9 Å². The van der Waals surface area contributed by atoms with Crippen LogP contribution >= 0.6 is 0 Å². The Morgan fingerprint density at radius 1 is 1.12 bits per heavy atom. The zero-order valence-electron chi connectivity index (χ0n) is 16.3. The van der Waals surface area contributed by atoms with E-state index in [9.17, 15) is 4.79 Å². The molecule has 142 valence electrons. The summed E-state index contributed by atoms with van der Waals surface area (Å²) in [5, 5.41) is 0.0302. The number of methoxy groups -OCH3 is 1. The molecule has 2 atom stereocenters.